The summed E-state index contributed by atoms with van der Waals surface area (Å²) in [7, 11) is 3.25. The Morgan fingerprint density at radius 2 is 2.26 bits per heavy atom. The third kappa shape index (κ3) is 4.66. The maximum absolute atomic E-state index is 13.6. The largest absolute Gasteiger partial charge is 0.479 e. The van der Waals surface area contributed by atoms with Crippen molar-refractivity contribution in [1.29, 1.82) is 0 Å². The number of urea groups is 1. The average molecular weight is 286 g/mol. The molecule has 0 aliphatic heterocycles. The summed E-state index contributed by atoms with van der Waals surface area (Å²) in [5.41, 5.74) is 2.35. The van der Waals surface area contributed by atoms with E-state index in [2.05, 4.69) is 16.7 Å². The van der Waals surface area contributed by atoms with Crippen molar-refractivity contribution in [3.63, 3.8) is 0 Å². The van der Waals surface area contributed by atoms with E-state index in [1.54, 1.807) is 14.1 Å². The number of hydrogen-bond donors (Lipinski definition) is 2. The zero-order valence-electron chi connectivity index (χ0n) is 10.5. The third-order valence-corrected chi connectivity index (χ3v) is 2.20. The number of nitrogens with zero attached hydrogens (tertiary/aromatic N) is 1. The zero-order chi connectivity index (χ0) is 14.4. The second kappa shape index (κ2) is 6.83. The number of carbonyl (C=O) groups is 1. The Bertz CT molecular complexity index is 514. The molecule has 2 amide bonds. The monoisotopic (exact) mass is 285 g/mol. The summed E-state index contributed by atoms with van der Waals surface area (Å²) in [6.07, 6.45) is 5.05. The van der Waals surface area contributed by atoms with Crippen molar-refractivity contribution in [2.45, 2.75) is 0 Å². The molecule has 0 saturated carbocycles. The minimum absolute atomic E-state index is 0.00527. The topological polar surface area (TPSA) is 53.6 Å². The number of terminal acetylenes is 1. The molecule has 19 heavy (non-hydrogen) atoms. The molecule has 5 nitrogen and oxygen atoms in total. The van der Waals surface area contributed by atoms with Gasteiger partial charge in [-0.25, -0.2) is 14.2 Å². The number of amides is 2. The van der Waals surface area contributed by atoms with Crippen molar-refractivity contribution < 1.29 is 13.9 Å². The van der Waals surface area contributed by atoms with E-state index in [0.29, 0.717) is 0 Å². The molecule has 0 unspecified atom stereocenters. The molecule has 0 fully saturated rings. The molecule has 0 aliphatic carbocycles. The fourth-order valence-electron chi connectivity index (χ4n) is 1.21. The van der Waals surface area contributed by atoms with Gasteiger partial charge in [-0.3, -0.25) is 5.43 Å². The number of carbonyl (C=O) groups excluding carboxylic acids is 1. The predicted molar refractivity (Wildman–Crippen MR) is 71.6 cm³/mol. The fraction of sp³-hybridized carbons (Fsp3) is 0.250. The molecular formula is C12H13ClFN3O2. The highest BCUT2D eigenvalue weighted by Gasteiger charge is 2.12. The van der Waals surface area contributed by atoms with E-state index in [9.17, 15) is 9.18 Å². The van der Waals surface area contributed by atoms with E-state index in [0.717, 1.165) is 6.07 Å². The van der Waals surface area contributed by atoms with Crippen molar-refractivity contribution in [2.24, 2.45) is 0 Å². The molecule has 0 radical (unpaired) electrons. The van der Waals surface area contributed by atoms with Gasteiger partial charge in [0.1, 0.15) is 18.2 Å². The smallest absolute Gasteiger partial charge is 0.333 e. The number of anilines is 1. The van der Waals surface area contributed by atoms with Gasteiger partial charge in [-0.15, -0.1) is 6.42 Å². The van der Waals surface area contributed by atoms with Gasteiger partial charge in [0.05, 0.1) is 10.7 Å². The van der Waals surface area contributed by atoms with Crippen molar-refractivity contribution in [3.8, 4) is 18.1 Å². The molecule has 0 saturated heterocycles. The zero-order valence-corrected chi connectivity index (χ0v) is 11.2. The van der Waals surface area contributed by atoms with Crippen molar-refractivity contribution >= 4 is 23.3 Å². The number of hydrazine groups is 1. The van der Waals surface area contributed by atoms with Gasteiger partial charge >= 0.3 is 6.03 Å². The lowest BCUT2D eigenvalue weighted by Crippen LogP contribution is -2.39. The van der Waals surface area contributed by atoms with Crippen LogP contribution in [0.3, 0.4) is 0 Å². The Morgan fingerprint density at radius 3 is 2.84 bits per heavy atom. The van der Waals surface area contributed by atoms with E-state index in [-0.39, 0.29) is 23.1 Å². The number of halogens is 2. The molecule has 0 aromatic heterocycles. The summed E-state index contributed by atoms with van der Waals surface area (Å²) >= 11 is 5.79. The van der Waals surface area contributed by atoms with E-state index < -0.39 is 11.8 Å². The Balaban J connectivity index is 2.88. The van der Waals surface area contributed by atoms with Gasteiger partial charge in [0.25, 0.3) is 0 Å². The number of nitrogens with one attached hydrogen (secondary N) is 2. The second-order valence-electron chi connectivity index (χ2n) is 3.72. The summed E-state index contributed by atoms with van der Waals surface area (Å²) in [5, 5.41) is 3.82. The van der Waals surface area contributed by atoms with Crippen LogP contribution in [-0.2, 0) is 0 Å². The maximum Gasteiger partial charge on any atom is 0.333 e. The highest BCUT2D eigenvalue weighted by Crippen LogP contribution is 2.30. The third-order valence-electron chi connectivity index (χ3n) is 1.91. The predicted octanol–water partition coefficient (Wildman–Crippen LogP) is 2.09. The molecule has 0 bridgehead atoms. The molecule has 1 rings (SSSR count). The molecule has 0 spiro atoms. The van der Waals surface area contributed by atoms with Crippen LogP contribution in [0.5, 0.6) is 5.75 Å². The summed E-state index contributed by atoms with van der Waals surface area (Å²) in [5.74, 6) is 1.78. The van der Waals surface area contributed by atoms with Crippen LogP contribution in [0.15, 0.2) is 12.1 Å². The van der Waals surface area contributed by atoms with Crippen LogP contribution >= 0.6 is 11.6 Å². The number of benzene rings is 1. The first kappa shape index (κ1) is 15.1. The van der Waals surface area contributed by atoms with Crippen LogP contribution < -0.4 is 15.5 Å². The molecule has 1 aromatic rings. The van der Waals surface area contributed by atoms with Gasteiger partial charge in [0.15, 0.2) is 0 Å². The molecule has 1 aromatic carbocycles. The molecular weight excluding hydrogens is 273 g/mol. The highest BCUT2D eigenvalue weighted by atomic mass is 35.5. The van der Waals surface area contributed by atoms with Crippen LogP contribution in [0.2, 0.25) is 5.02 Å². The van der Waals surface area contributed by atoms with Crippen LogP contribution in [-0.4, -0.2) is 31.7 Å². The van der Waals surface area contributed by atoms with Crippen molar-refractivity contribution in [3.05, 3.63) is 23.0 Å². The second-order valence-corrected chi connectivity index (χ2v) is 4.12. The quantitative estimate of drug-likeness (QED) is 0.658. The fourth-order valence-corrected chi connectivity index (χ4v) is 1.41. The van der Waals surface area contributed by atoms with Crippen LogP contribution in [0, 0.1) is 18.2 Å². The molecule has 2 N–H and O–H groups in total. The first-order valence-electron chi connectivity index (χ1n) is 5.24. The van der Waals surface area contributed by atoms with Gasteiger partial charge in [-0.05, 0) is 6.07 Å². The van der Waals surface area contributed by atoms with E-state index >= 15 is 0 Å². The Labute approximate surface area is 115 Å². The Morgan fingerprint density at radius 1 is 1.58 bits per heavy atom. The Kier molecular flexibility index (Phi) is 5.42. The minimum atomic E-state index is -0.674. The lowest BCUT2D eigenvalue weighted by atomic mass is 10.3. The maximum atomic E-state index is 13.6. The first-order valence-corrected chi connectivity index (χ1v) is 5.62. The Hall–Kier alpha value is -1.97. The minimum Gasteiger partial charge on any atom is -0.479 e. The van der Waals surface area contributed by atoms with Gasteiger partial charge in [-0.1, -0.05) is 17.5 Å². The van der Waals surface area contributed by atoms with Gasteiger partial charge < -0.3 is 10.1 Å². The molecule has 7 heteroatoms. The molecule has 0 atom stereocenters. The summed E-state index contributed by atoms with van der Waals surface area (Å²) in [4.78, 5) is 11.4. The van der Waals surface area contributed by atoms with Gasteiger partial charge in [0, 0.05) is 20.2 Å². The number of hydrogen-bond acceptors (Lipinski definition) is 3. The molecule has 102 valence electrons. The first-order chi connectivity index (χ1) is 8.93. The van der Waals surface area contributed by atoms with Gasteiger partial charge in [-0.2, -0.15) is 0 Å². The molecule has 0 aliphatic rings. The summed E-state index contributed by atoms with van der Waals surface area (Å²) in [6.45, 7) is -0.00527. The van der Waals surface area contributed by atoms with Crippen LogP contribution in [0.4, 0.5) is 14.9 Å². The van der Waals surface area contributed by atoms with Crippen molar-refractivity contribution in [1.82, 2.24) is 10.4 Å². The van der Waals surface area contributed by atoms with Gasteiger partial charge in [0.2, 0.25) is 0 Å². The van der Waals surface area contributed by atoms with E-state index in [1.165, 1.54) is 11.1 Å². The normalized spacial score (nSPS) is 9.89. The average Bonchev–Trinajstić information content (AvgIpc) is 2.30. The van der Waals surface area contributed by atoms with E-state index in [4.69, 9.17) is 22.8 Å². The number of rotatable bonds is 4. The van der Waals surface area contributed by atoms with E-state index in [1.807, 2.05) is 0 Å². The SMILES string of the molecule is C#CCOc1cc(NC(=O)NN(C)C)c(F)cc1Cl. The number of ether oxygens (including phenoxy) is 1. The highest BCUT2D eigenvalue weighted by molar-refractivity contribution is 6.32. The van der Waals surface area contributed by atoms with Crippen molar-refractivity contribution in [2.75, 3.05) is 26.0 Å². The molecule has 0 heterocycles. The lowest BCUT2D eigenvalue weighted by molar-refractivity contribution is 0.224. The van der Waals surface area contributed by atoms with Crippen LogP contribution in [0.25, 0.3) is 0 Å². The summed E-state index contributed by atoms with van der Waals surface area (Å²) < 4.78 is 18.7. The summed E-state index contributed by atoms with van der Waals surface area (Å²) in [6, 6.07) is 1.72. The standard InChI is InChI=1S/C12H13ClFN3O2/c1-4-5-19-11-7-10(9(14)6-8(11)13)15-12(18)16-17(2)3/h1,6-7H,5H2,2-3H3,(H2,15,16,18). The van der Waals surface area contributed by atoms with Crippen LogP contribution in [0.1, 0.15) is 0 Å². The lowest BCUT2D eigenvalue weighted by Gasteiger charge is -2.14.